The van der Waals surface area contributed by atoms with Crippen LogP contribution < -0.4 is 5.32 Å². The van der Waals surface area contributed by atoms with Gasteiger partial charge in [0, 0.05) is 25.7 Å². The van der Waals surface area contributed by atoms with Crippen LogP contribution in [0.1, 0.15) is 6.92 Å². The number of nitrogens with zero attached hydrogens (tertiary/aromatic N) is 1. The van der Waals surface area contributed by atoms with Gasteiger partial charge < -0.3 is 15.0 Å². The van der Waals surface area contributed by atoms with E-state index < -0.39 is 0 Å². The highest BCUT2D eigenvalue weighted by atomic mass is 16.6. The smallest absolute Gasteiger partial charge is 0.410 e. The van der Waals surface area contributed by atoms with Crippen LogP contribution in [0.2, 0.25) is 0 Å². The maximum Gasteiger partial charge on any atom is 0.410 e. The van der Waals surface area contributed by atoms with E-state index in [4.69, 9.17) is 11.2 Å². The Morgan fingerprint density at radius 2 is 2.62 bits per heavy atom. The topological polar surface area (TPSA) is 41.6 Å². The van der Waals surface area contributed by atoms with Gasteiger partial charge in [-0.25, -0.2) is 4.79 Å². The molecule has 1 aliphatic heterocycles. The Bertz CT molecular complexity index is 222. The van der Waals surface area contributed by atoms with Crippen molar-refractivity contribution < 1.29 is 9.53 Å². The summed E-state index contributed by atoms with van der Waals surface area (Å²) in [6, 6.07) is 0.326. The van der Waals surface area contributed by atoms with Crippen LogP contribution in [-0.4, -0.2) is 43.3 Å². The molecule has 1 atom stereocenters. The summed E-state index contributed by atoms with van der Waals surface area (Å²) in [5.74, 6) is 2.26. The molecule has 4 heteroatoms. The van der Waals surface area contributed by atoms with Crippen molar-refractivity contribution in [3.8, 4) is 12.3 Å². The molecule has 1 N–H and O–H groups in total. The predicted molar refractivity (Wildman–Crippen MR) is 49.2 cm³/mol. The maximum absolute atomic E-state index is 11.3. The van der Waals surface area contributed by atoms with Crippen molar-refractivity contribution in [3.05, 3.63) is 0 Å². The minimum absolute atomic E-state index is 0.0527. The molecule has 1 rings (SSSR count). The lowest BCUT2D eigenvalue weighted by molar-refractivity contribution is 0.102. The summed E-state index contributed by atoms with van der Waals surface area (Å²) in [5, 5.41) is 3.23. The summed E-state index contributed by atoms with van der Waals surface area (Å²) in [4.78, 5) is 12.9. The third kappa shape index (κ3) is 2.96. The standard InChI is InChI=1S/C9H14N2O2/c1-3-6-13-9(12)11-5-4-10-8(2)7-11/h1,8,10H,4-7H2,2H3. The molecule has 1 saturated heterocycles. The Morgan fingerprint density at radius 3 is 3.23 bits per heavy atom. The molecule has 0 spiro atoms. The van der Waals surface area contributed by atoms with Gasteiger partial charge in [-0.3, -0.25) is 0 Å². The van der Waals surface area contributed by atoms with E-state index in [0.717, 1.165) is 6.54 Å². The Kier molecular flexibility index (Phi) is 3.59. The van der Waals surface area contributed by atoms with E-state index in [0.29, 0.717) is 19.1 Å². The predicted octanol–water partition coefficient (Wildman–Crippen LogP) is 0.0499. The van der Waals surface area contributed by atoms with E-state index in [1.165, 1.54) is 0 Å². The van der Waals surface area contributed by atoms with Gasteiger partial charge in [0.25, 0.3) is 0 Å². The third-order valence-electron chi connectivity index (χ3n) is 1.91. The fourth-order valence-electron chi connectivity index (χ4n) is 1.29. The summed E-state index contributed by atoms with van der Waals surface area (Å²) in [6.45, 7) is 4.27. The molecule has 1 heterocycles. The highest BCUT2D eigenvalue weighted by molar-refractivity contribution is 5.68. The number of amides is 1. The number of terminal acetylenes is 1. The number of ether oxygens (including phenoxy) is 1. The van der Waals surface area contributed by atoms with Crippen LogP contribution in [0.15, 0.2) is 0 Å². The van der Waals surface area contributed by atoms with E-state index in [1.54, 1.807) is 4.90 Å². The zero-order chi connectivity index (χ0) is 9.68. The molecule has 0 aliphatic carbocycles. The van der Waals surface area contributed by atoms with Crippen LogP contribution in [0.4, 0.5) is 4.79 Å². The number of rotatable bonds is 1. The van der Waals surface area contributed by atoms with Crippen molar-refractivity contribution in [2.45, 2.75) is 13.0 Å². The highest BCUT2D eigenvalue weighted by Crippen LogP contribution is 2.00. The lowest BCUT2D eigenvalue weighted by Gasteiger charge is -2.30. The molecule has 0 aromatic rings. The second-order valence-corrected chi connectivity index (χ2v) is 3.06. The Morgan fingerprint density at radius 1 is 1.85 bits per heavy atom. The zero-order valence-corrected chi connectivity index (χ0v) is 7.75. The van der Waals surface area contributed by atoms with Gasteiger partial charge in [0.1, 0.15) is 0 Å². The van der Waals surface area contributed by atoms with Crippen LogP contribution >= 0.6 is 0 Å². The summed E-state index contributed by atoms with van der Waals surface area (Å²) in [5.41, 5.74) is 0. The third-order valence-corrected chi connectivity index (χ3v) is 1.91. The number of piperazine rings is 1. The Hall–Kier alpha value is -1.21. The maximum atomic E-state index is 11.3. The van der Waals surface area contributed by atoms with Crippen molar-refractivity contribution in [3.63, 3.8) is 0 Å². The largest absolute Gasteiger partial charge is 0.436 e. The van der Waals surface area contributed by atoms with E-state index >= 15 is 0 Å². The molecular weight excluding hydrogens is 168 g/mol. The van der Waals surface area contributed by atoms with Gasteiger partial charge >= 0.3 is 6.09 Å². The molecule has 1 amide bonds. The van der Waals surface area contributed by atoms with Crippen LogP contribution in [0.5, 0.6) is 0 Å². The van der Waals surface area contributed by atoms with Gasteiger partial charge in [-0.2, -0.15) is 0 Å². The quantitative estimate of drug-likeness (QED) is 0.583. The number of hydrogen-bond acceptors (Lipinski definition) is 3. The van der Waals surface area contributed by atoms with Gasteiger partial charge in [0.05, 0.1) is 0 Å². The van der Waals surface area contributed by atoms with Gasteiger partial charge in [0.2, 0.25) is 0 Å². The minimum atomic E-state index is -0.314. The first kappa shape index (κ1) is 9.87. The lowest BCUT2D eigenvalue weighted by Crippen LogP contribution is -2.51. The lowest BCUT2D eigenvalue weighted by atomic mass is 10.2. The number of nitrogens with one attached hydrogen (secondary N) is 1. The van der Waals surface area contributed by atoms with Crippen LogP contribution in [0.3, 0.4) is 0 Å². The van der Waals surface area contributed by atoms with E-state index in [-0.39, 0.29) is 12.7 Å². The SMILES string of the molecule is C#CCOC(=O)N1CCNC(C)C1. The number of hydrogen-bond donors (Lipinski definition) is 1. The van der Waals surface area contributed by atoms with Crippen LogP contribution in [0, 0.1) is 12.3 Å². The van der Waals surface area contributed by atoms with Crippen molar-refractivity contribution in [2.75, 3.05) is 26.2 Å². The first-order valence-electron chi connectivity index (χ1n) is 4.32. The number of carbonyl (C=O) groups is 1. The summed E-state index contributed by atoms with van der Waals surface area (Å²) in [7, 11) is 0. The molecule has 0 aromatic carbocycles. The van der Waals surface area contributed by atoms with Crippen LogP contribution in [-0.2, 0) is 4.74 Å². The molecule has 72 valence electrons. The molecule has 1 fully saturated rings. The first-order chi connectivity index (χ1) is 6.24. The zero-order valence-electron chi connectivity index (χ0n) is 7.75. The molecular formula is C9H14N2O2. The van der Waals surface area contributed by atoms with E-state index in [2.05, 4.69) is 11.2 Å². The van der Waals surface area contributed by atoms with Gasteiger partial charge in [-0.05, 0) is 6.92 Å². The highest BCUT2D eigenvalue weighted by Gasteiger charge is 2.20. The molecule has 0 aromatic heterocycles. The van der Waals surface area contributed by atoms with Crippen molar-refractivity contribution in [2.24, 2.45) is 0 Å². The molecule has 0 saturated carbocycles. The fraction of sp³-hybridized carbons (Fsp3) is 0.667. The Balaban J connectivity index is 2.33. The van der Waals surface area contributed by atoms with Gasteiger partial charge in [0.15, 0.2) is 6.61 Å². The van der Waals surface area contributed by atoms with E-state index in [1.807, 2.05) is 6.92 Å². The van der Waals surface area contributed by atoms with Crippen molar-refractivity contribution in [1.82, 2.24) is 10.2 Å². The summed E-state index contributed by atoms with van der Waals surface area (Å²) < 4.78 is 4.80. The number of carbonyl (C=O) groups excluding carboxylic acids is 1. The molecule has 1 aliphatic rings. The summed E-state index contributed by atoms with van der Waals surface area (Å²) >= 11 is 0. The second kappa shape index (κ2) is 4.73. The molecule has 4 nitrogen and oxygen atoms in total. The second-order valence-electron chi connectivity index (χ2n) is 3.06. The Labute approximate surface area is 78.2 Å². The normalized spacial score (nSPS) is 22.2. The molecule has 0 bridgehead atoms. The fourth-order valence-corrected chi connectivity index (χ4v) is 1.29. The van der Waals surface area contributed by atoms with Gasteiger partial charge in [-0.1, -0.05) is 5.92 Å². The summed E-state index contributed by atoms with van der Waals surface area (Å²) in [6.07, 6.45) is 4.66. The average molecular weight is 182 g/mol. The van der Waals surface area contributed by atoms with Crippen molar-refractivity contribution >= 4 is 6.09 Å². The molecule has 0 radical (unpaired) electrons. The average Bonchev–Trinajstić information content (AvgIpc) is 2.14. The first-order valence-corrected chi connectivity index (χ1v) is 4.32. The molecule has 13 heavy (non-hydrogen) atoms. The monoisotopic (exact) mass is 182 g/mol. The van der Waals surface area contributed by atoms with E-state index in [9.17, 15) is 4.79 Å². The van der Waals surface area contributed by atoms with Gasteiger partial charge in [-0.15, -0.1) is 6.42 Å². The minimum Gasteiger partial charge on any atom is -0.436 e. The molecule has 1 unspecified atom stereocenters. The van der Waals surface area contributed by atoms with Crippen molar-refractivity contribution in [1.29, 1.82) is 0 Å². The van der Waals surface area contributed by atoms with Crippen LogP contribution in [0.25, 0.3) is 0 Å².